The van der Waals surface area contributed by atoms with E-state index in [0.717, 1.165) is 0 Å². The molecule has 5 heteroatoms. The molecule has 14 heavy (non-hydrogen) atoms. The first-order chi connectivity index (χ1) is 6.61. The lowest BCUT2D eigenvalue weighted by atomic mass is 10.2. The summed E-state index contributed by atoms with van der Waals surface area (Å²) in [6, 6.07) is 2.57. The van der Waals surface area contributed by atoms with E-state index < -0.39 is 11.7 Å². The van der Waals surface area contributed by atoms with Crippen LogP contribution in [0.2, 0.25) is 0 Å². The van der Waals surface area contributed by atoms with Crippen molar-refractivity contribution >= 4 is 5.97 Å². The number of carbonyl (C=O) groups is 1. The number of hydrogen-bond acceptors (Lipinski definition) is 4. The van der Waals surface area contributed by atoms with E-state index in [-0.39, 0.29) is 17.1 Å². The predicted molar refractivity (Wildman–Crippen MR) is 46.0 cm³/mol. The van der Waals surface area contributed by atoms with Crippen molar-refractivity contribution in [2.24, 2.45) is 0 Å². The number of benzene rings is 1. The standard InChI is InChI=1S/C9H10O5/c1-13-6-4-3-5(9(11)12)7(10)8(6)14-2/h3-4,10H,1-2H3,(H,11,12)/p-1. The molecule has 0 fully saturated rings. The molecule has 0 heterocycles. The highest BCUT2D eigenvalue weighted by Crippen LogP contribution is 2.36. The van der Waals surface area contributed by atoms with Crippen molar-refractivity contribution < 1.29 is 24.5 Å². The second kappa shape index (κ2) is 3.87. The Bertz CT molecular complexity index is 358. The van der Waals surface area contributed by atoms with Crippen LogP contribution >= 0.6 is 0 Å². The second-order valence-electron chi connectivity index (χ2n) is 2.48. The van der Waals surface area contributed by atoms with E-state index in [1.165, 1.54) is 26.4 Å². The van der Waals surface area contributed by atoms with Crippen LogP contribution in [0.1, 0.15) is 10.4 Å². The summed E-state index contributed by atoms with van der Waals surface area (Å²) in [5.41, 5.74) is -0.331. The zero-order valence-corrected chi connectivity index (χ0v) is 7.73. The maximum absolute atomic E-state index is 11.4. The highest BCUT2D eigenvalue weighted by atomic mass is 16.5. The van der Waals surface area contributed by atoms with E-state index in [9.17, 15) is 9.90 Å². The number of rotatable bonds is 3. The topological polar surface area (TPSA) is 78.8 Å². The molecule has 0 unspecified atom stereocenters. The van der Waals surface area contributed by atoms with Gasteiger partial charge in [0.1, 0.15) is 0 Å². The molecule has 0 saturated carbocycles. The molecule has 0 aliphatic rings. The fourth-order valence-corrected chi connectivity index (χ4v) is 1.07. The molecule has 76 valence electrons. The predicted octanol–water partition coefficient (Wildman–Crippen LogP) is 0.476. The smallest absolute Gasteiger partial charge is 0.335 e. The van der Waals surface area contributed by atoms with Crippen LogP contribution in [0.4, 0.5) is 0 Å². The number of carboxylic acids is 1. The van der Waals surface area contributed by atoms with Gasteiger partial charge in [0.25, 0.3) is 0 Å². The molecule has 0 aliphatic carbocycles. The fraction of sp³-hybridized carbons (Fsp3) is 0.222. The molecule has 1 rings (SSSR count). The van der Waals surface area contributed by atoms with Crippen LogP contribution in [0, 0.1) is 0 Å². The van der Waals surface area contributed by atoms with Crippen LogP contribution in [0.5, 0.6) is 17.2 Å². The van der Waals surface area contributed by atoms with Crippen molar-refractivity contribution in [1.29, 1.82) is 0 Å². The Morgan fingerprint density at radius 3 is 2.43 bits per heavy atom. The van der Waals surface area contributed by atoms with Crippen molar-refractivity contribution in [2.45, 2.75) is 0 Å². The van der Waals surface area contributed by atoms with Gasteiger partial charge in [-0.3, -0.25) is 0 Å². The Hall–Kier alpha value is -1.91. The van der Waals surface area contributed by atoms with Crippen molar-refractivity contribution in [3.8, 4) is 17.2 Å². The molecule has 0 aromatic heterocycles. The van der Waals surface area contributed by atoms with E-state index >= 15 is 0 Å². The molecule has 0 spiro atoms. The van der Waals surface area contributed by atoms with E-state index in [2.05, 4.69) is 0 Å². The van der Waals surface area contributed by atoms with Crippen molar-refractivity contribution in [3.63, 3.8) is 0 Å². The second-order valence-corrected chi connectivity index (χ2v) is 2.48. The summed E-state index contributed by atoms with van der Waals surface area (Å²) in [4.78, 5) is 10.6. The van der Waals surface area contributed by atoms with Gasteiger partial charge in [0.05, 0.1) is 19.8 Å². The number of carboxylic acid groups (broad SMARTS) is 1. The molecule has 0 atom stereocenters. The maximum Gasteiger partial charge on any atom is 0.335 e. The van der Waals surface area contributed by atoms with Crippen molar-refractivity contribution in [2.75, 3.05) is 14.2 Å². The van der Waals surface area contributed by atoms with E-state index in [0.29, 0.717) is 0 Å². The number of aromatic carboxylic acids is 1. The van der Waals surface area contributed by atoms with Gasteiger partial charge in [0.2, 0.25) is 0 Å². The minimum absolute atomic E-state index is 0.0904. The first kappa shape index (κ1) is 10.2. The molecular formula is C9H9O5-. The van der Waals surface area contributed by atoms with Crippen LogP contribution in [-0.2, 0) is 0 Å². The van der Waals surface area contributed by atoms with Crippen molar-refractivity contribution in [3.05, 3.63) is 17.7 Å². The van der Waals surface area contributed by atoms with E-state index in [4.69, 9.17) is 14.6 Å². The summed E-state index contributed by atoms with van der Waals surface area (Å²) in [5.74, 6) is -1.83. The fourth-order valence-electron chi connectivity index (χ4n) is 1.07. The number of methoxy groups -OCH3 is 2. The van der Waals surface area contributed by atoms with E-state index in [1.54, 1.807) is 0 Å². The molecule has 1 aromatic carbocycles. The van der Waals surface area contributed by atoms with Gasteiger partial charge in [-0.15, -0.1) is 0 Å². The van der Waals surface area contributed by atoms with Crippen LogP contribution < -0.4 is 14.6 Å². The van der Waals surface area contributed by atoms with Gasteiger partial charge in [0, 0.05) is 0 Å². The lowest BCUT2D eigenvalue weighted by molar-refractivity contribution is -0.270. The Morgan fingerprint density at radius 1 is 1.36 bits per heavy atom. The molecule has 0 amide bonds. The lowest BCUT2D eigenvalue weighted by Crippen LogP contribution is -2.06. The summed E-state index contributed by atoms with van der Waals surface area (Å²) in [6.07, 6.45) is 0. The van der Waals surface area contributed by atoms with Gasteiger partial charge in [0.15, 0.2) is 11.5 Å². The Kier molecular flexibility index (Phi) is 2.81. The Morgan fingerprint density at radius 2 is 2.00 bits per heavy atom. The summed E-state index contributed by atoms with van der Waals surface area (Å²) < 4.78 is 9.59. The maximum atomic E-state index is 11.4. The minimum atomic E-state index is -1.28. The van der Waals surface area contributed by atoms with Crippen LogP contribution in [0.25, 0.3) is 0 Å². The summed E-state index contributed by atoms with van der Waals surface area (Å²) >= 11 is 0. The third-order valence-corrected chi connectivity index (χ3v) is 1.73. The molecule has 5 nitrogen and oxygen atoms in total. The zero-order chi connectivity index (χ0) is 10.7. The molecule has 0 aliphatic heterocycles. The Balaban J connectivity index is 3.34. The zero-order valence-electron chi connectivity index (χ0n) is 7.73. The SMILES string of the molecule is COc1ccc(C(=O)O)c([O-])c1OC. The average molecular weight is 197 g/mol. The summed E-state index contributed by atoms with van der Waals surface area (Å²) in [6.45, 7) is 0. The summed E-state index contributed by atoms with van der Waals surface area (Å²) in [5, 5.41) is 20.1. The van der Waals surface area contributed by atoms with Crippen molar-refractivity contribution in [1.82, 2.24) is 0 Å². The highest BCUT2D eigenvalue weighted by molar-refractivity contribution is 5.92. The molecule has 0 saturated heterocycles. The van der Waals surface area contributed by atoms with E-state index in [1.807, 2.05) is 0 Å². The number of ether oxygens (including phenoxy) is 2. The van der Waals surface area contributed by atoms with Gasteiger partial charge >= 0.3 is 5.97 Å². The van der Waals surface area contributed by atoms with Crippen LogP contribution in [0.15, 0.2) is 12.1 Å². The van der Waals surface area contributed by atoms with Gasteiger partial charge < -0.3 is 19.7 Å². The molecule has 1 N–H and O–H groups in total. The quantitative estimate of drug-likeness (QED) is 0.762. The minimum Gasteiger partial charge on any atom is -0.869 e. The average Bonchev–Trinajstić information content (AvgIpc) is 2.16. The first-order valence-electron chi connectivity index (χ1n) is 3.77. The van der Waals surface area contributed by atoms with Gasteiger partial charge in [-0.25, -0.2) is 4.79 Å². The van der Waals surface area contributed by atoms with Gasteiger partial charge in [-0.05, 0) is 17.9 Å². The highest BCUT2D eigenvalue weighted by Gasteiger charge is 2.11. The van der Waals surface area contributed by atoms with Gasteiger partial charge in [-0.2, -0.15) is 0 Å². The largest absolute Gasteiger partial charge is 0.869 e. The molecular weight excluding hydrogens is 188 g/mol. The third kappa shape index (κ3) is 1.56. The molecule has 0 radical (unpaired) electrons. The van der Waals surface area contributed by atoms with Crippen LogP contribution in [-0.4, -0.2) is 25.3 Å². The Labute approximate surface area is 80.5 Å². The lowest BCUT2D eigenvalue weighted by Gasteiger charge is -2.17. The van der Waals surface area contributed by atoms with Crippen LogP contribution in [0.3, 0.4) is 0 Å². The van der Waals surface area contributed by atoms with Gasteiger partial charge in [-0.1, -0.05) is 0 Å². The number of hydrogen-bond donors (Lipinski definition) is 1. The molecule has 1 aromatic rings. The summed E-state index contributed by atoms with van der Waals surface area (Å²) in [7, 11) is 2.66. The normalized spacial score (nSPS) is 9.57. The molecule has 0 bridgehead atoms. The third-order valence-electron chi connectivity index (χ3n) is 1.73. The first-order valence-corrected chi connectivity index (χ1v) is 3.77. The monoisotopic (exact) mass is 197 g/mol.